The zero-order valence-corrected chi connectivity index (χ0v) is 15.6. The third kappa shape index (κ3) is 3.37. The number of rotatable bonds is 5. The average Bonchev–Trinajstić information content (AvgIpc) is 3.40. The Balaban J connectivity index is 1.60. The summed E-state index contributed by atoms with van der Waals surface area (Å²) >= 11 is 0. The summed E-state index contributed by atoms with van der Waals surface area (Å²) in [5, 5.41) is 0. The summed E-state index contributed by atoms with van der Waals surface area (Å²) < 4.78 is 46.3. The number of fused-ring (bicyclic) bond motifs is 1. The van der Waals surface area contributed by atoms with E-state index in [-0.39, 0.29) is 22.5 Å². The second-order valence-corrected chi connectivity index (χ2v) is 8.44. The van der Waals surface area contributed by atoms with Gasteiger partial charge in [-0.05, 0) is 55.2 Å². The first-order valence-corrected chi connectivity index (χ1v) is 10.2. The number of carbonyl (C=O) groups excluding carboxylic acids is 1. The zero-order chi connectivity index (χ0) is 19.2. The molecule has 2 aromatic carbocycles. The van der Waals surface area contributed by atoms with E-state index in [1.54, 1.807) is 17.0 Å². The number of halogens is 1. The van der Waals surface area contributed by atoms with E-state index in [9.17, 15) is 17.6 Å². The quantitative estimate of drug-likeness (QED) is 0.852. The van der Waals surface area contributed by atoms with E-state index in [0.29, 0.717) is 12.2 Å². The van der Waals surface area contributed by atoms with E-state index >= 15 is 0 Å². The minimum atomic E-state index is -3.97. The summed E-state index contributed by atoms with van der Waals surface area (Å²) in [5.41, 5.74) is 2.09. The van der Waals surface area contributed by atoms with Gasteiger partial charge in [-0.15, -0.1) is 0 Å². The van der Waals surface area contributed by atoms with E-state index in [1.807, 2.05) is 6.07 Å². The number of ether oxygens (including phenoxy) is 1. The summed E-state index contributed by atoms with van der Waals surface area (Å²) in [6.45, 7) is 0.616. The molecule has 1 saturated carbocycles. The van der Waals surface area contributed by atoms with Crippen LogP contribution in [0.5, 0.6) is 5.75 Å². The molecule has 0 atom stereocenters. The van der Waals surface area contributed by atoms with E-state index in [0.717, 1.165) is 36.6 Å². The minimum absolute atomic E-state index is 0.0271. The maximum atomic E-state index is 13.9. The van der Waals surface area contributed by atoms with E-state index in [4.69, 9.17) is 4.74 Å². The van der Waals surface area contributed by atoms with Gasteiger partial charge >= 0.3 is 0 Å². The molecular formula is C19H19FN2O4S. The first kappa shape index (κ1) is 17.8. The Morgan fingerprint density at radius 3 is 2.67 bits per heavy atom. The van der Waals surface area contributed by atoms with Crippen LogP contribution in [0, 0.1) is 11.7 Å². The van der Waals surface area contributed by atoms with Crippen molar-refractivity contribution in [2.24, 2.45) is 5.92 Å². The maximum absolute atomic E-state index is 13.9. The number of methoxy groups -OCH3 is 1. The highest BCUT2D eigenvalue weighted by Gasteiger charge is 2.36. The third-order valence-corrected chi connectivity index (χ3v) is 6.24. The second-order valence-electron chi connectivity index (χ2n) is 6.76. The summed E-state index contributed by atoms with van der Waals surface area (Å²) in [4.78, 5) is 14.0. The number of benzene rings is 2. The van der Waals surface area contributed by atoms with E-state index in [1.165, 1.54) is 19.2 Å². The van der Waals surface area contributed by atoms with Gasteiger partial charge in [-0.1, -0.05) is 6.07 Å². The fraction of sp³-hybridized carbons (Fsp3) is 0.316. The maximum Gasteiger partial charge on any atom is 0.262 e. The molecule has 6 nitrogen and oxygen atoms in total. The molecule has 4 rings (SSSR count). The highest BCUT2D eigenvalue weighted by molar-refractivity contribution is 7.92. The fourth-order valence-corrected chi connectivity index (χ4v) is 4.31. The Bertz CT molecular complexity index is 1020. The van der Waals surface area contributed by atoms with Crippen molar-refractivity contribution in [1.29, 1.82) is 0 Å². The molecule has 0 radical (unpaired) electrons. The number of carbonyl (C=O) groups is 1. The second kappa shape index (κ2) is 6.53. The molecule has 0 saturated heterocycles. The molecule has 0 aromatic heterocycles. The highest BCUT2D eigenvalue weighted by atomic mass is 32.2. The number of amides is 1. The SMILES string of the molecule is COc1ccc(S(=O)(=O)Nc2ccc3c(c2)N(C(=O)C2CC2)CC3)cc1F. The van der Waals surface area contributed by atoms with Gasteiger partial charge in [0.1, 0.15) is 0 Å². The molecule has 0 spiro atoms. The molecule has 0 unspecified atom stereocenters. The molecule has 2 aromatic rings. The van der Waals surface area contributed by atoms with Gasteiger partial charge in [-0.2, -0.15) is 0 Å². The molecule has 1 aliphatic heterocycles. The first-order valence-electron chi connectivity index (χ1n) is 8.70. The molecule has 142 valence electrons. The predicted octanol–water partition coefficient (Wildman–Crippen LogP) is 2.93. The zero-order valence-electron chi connectivity index (χ0n) is 14.7. The summed E-state index contributed by atoms with van der Waals surface area (Å²) in [7, 11) is -2.66. The number of nitrogens with one attached hydrogen (secondary N) is 1. The summed E-state index contributed by atoms with van der Waals surface area (Å²) in [6.07, 6.45) is 2.59. The Hall–Kier alpha value is -2.61. The lowest BCUT2D eigenvalue weighted by Gasteiger charge is -2.18. The standard InChI is InChI=1S/C19H19FN2O4S/c1-26-18-7-6-15(11-16(18)20)27(24,25)21-14-5-4-12-8-9-22(17(12)10-14)19(23)13-2-3-13/h4-7,10-11,13,21H,2-3,8-9H2,1H3. The molecule has 1 N–H and O–H groups in total. The van der Waals surface area contributed by atoms with Gasteiger partial charge in [0.05, 0.1) is 17.7 Å². The Labute approximate surface area is 157 Å². The van der Waals surface area contributed by atoms with E-state index in [2.05, 4.69) is 4.72 Å². The number of nitrogens with zero attached hydrogens (tertiary/aromatic N) is 1. The van der Waals surface area contributed by atoms with Crippen molar-refractivity contribution in [3.63, 3.8) is 0 Å². The van der Waals surface area contributed by atoms with Crippen LogP contribution in [0.25, 0.3) is 0 Å². The van der Waals surface area contributed by atoms with Gasteiger partial charge in [-0.3, -0.25) is 9.52 Å². The van der Waals surface area contributed by atoms with Crippen LogP contribution in [-0.4, -0.2) is 28.0 Å². The number of hydrogen-bond acceptors (Lipinski definition) is 4. The van der Waals surface area contributed by atoms with Crippen molar-refractivity contribution in [3.05, 3.63) is 47.8 Å². The van der Waals surface area contributed by atoms with Crippen molar-refractivity contribution in [2.75, 3.05) is 23.3 Å². The van der Waals surface area contributed by atoms with Gasteiger partial charge in [0.25, 0.3) is 10.0 Å². The molecule has 8 heteroatoms. The van der Waals surface area contributed by atoms with E-state index < -0.39 is 15.8 Å². The van der Waals surface area contributed by atoms with Gasteiger partial charge in [-0.25, -0.2) is 12.8 Å². The molecule has 1 heterocycles. The van der Waals surface area contributed by atoms with Crippen LogP contribution in [-0.2, 0) is 21.2 Å². The van der Waals surface area contributed by atoms with Crippen LogP contribution >= 0.6 is 0 Å². The van der Waals surface area contributed by atoms with Crippen LogP contribution in [0.1, 0.15) is 18.4 Å². The van der Waals surface area contributed by atoms with Crippen LogP contribution in [0.3, 0.4) is 0 Å². The summed E-state index contributed by atoms with van der Waals surface area (Å²) in [6, 6.07) is 8.60. The number of anilines is 2. The van der Waals surface area contributed by atoms with Crippen molar-refractivity contribution in [2.45, 2.75) is 24.2 Å². The highest BCUT2D eigenvalue weighted by Crippen LogP contribution is 2.37. The molecule has 0 bridgehead atoms. The van der Waals surface area contributed by atoms with Crippen molar-refractivity contribution < 1.29 is 22.3 Å². The number of hydrogen-bond donors (Lipinski definition) is 1. The number of sulfonamides is 1. The van der Waals surface area contributed by atoms with Crippen LogP contribution < -0.4 is 14.4 Å². The third-order valence-electron chi connectivity index (χ3n) is 4.86. The van der Waals surface area contributed by atoms with Gasteiger partial charge in [0, 0.05) is 18.2 Å². The average molecular weight is 390 g/mol. The largest absolute Gasteiger partial charge is 0.494 e. The van der Waals surface area contributed by atoms with Crippen molar-refractivity contribution >= 4 is 27.3 Å². The predicted molar refractivity (Wildman–Crippen MR) is 99.0 cm³/mol. The van der Waals surface area contributed by atoms with Crippen LogP contribution in [0.4, 0.5) is 15.8 Å². The lowest BCUT2D eigenvalue weighted by molar-refractivity contribution is -0.119. The molecule has 2 aliphatic rings. The lowest BCUT2D eigenvalue weighted by atomic mass is 10.1. The van der Waals surface area contributed by atoms with Gasteiger partial charge in [0.2, 0.25) is 5.91 Å². The van der Waals surface area contributed by atoms with Crippen LogP contribution in [0.15, 0.2) is 41.3 Å². The molecule has 1 amide bonds. The molecule has 1 aliphatic carbocycles. The van der Waals surface area contributed by atoms with Gasteiger partial charge < -0.3 is 9.64 Å². The smallest absolute Gasteiger partial charge is 0.262 e. The topological polar surface area (TPSA) is 75.7 Å². The van der Waals surface area contributed by atoms with Gasteiger partial charge in [0.15, 0.2) is 11.6 Å². The van der Waals surface area contributed by atoms with Crippen molar-refractivity contribution in [1.82, 2.24) is 0 Å². The normalized spacial score (nSPS) is 16.1. The molecular weight excluding hydrogens is 371 g/mol. The Morgan fingerprint density at radius 2 is 2.00 bits per heavy atom. The van der Waals surface area contributed by atoms with Crippen molar-refractivity contribution in [3.8, 4) is 5.75 Å². The molecule has 1 fully saturated rings. The molecule has 27 heavy (non-hydrogen) atoms. The van der Waals surface area contributed by atoms with Crippen LogP contribution in [0.2, 0.25) is 0 Å². The Kier molecular flexibility index (Phi) is 4.30. The lowest BCUT2D eigenvalue weighted by Crippen LogP contribution is -2.30. The summed E-state index contributed by atoms with van der Waals surface area (Å²) in [5.74, 6) is -0.583. The minimum Gasteiger partial charge on any atom is -0.494 e. The monoisotopic (exact) mass is 390 g/mol. The Morgan fingerprint density at radius 1 is 1.22 bits per heavy atom. The first-order chi connectivity index (χ1) is 12.9. The fourth-order valence-electron chi connectivity index (χ4n) is 3.25.